The molecule has 0 spiro atoms. The van der Waals surface area contributed by atoms with Crippen LogP contribution in [0.5, 0.6) is 0 Å². The van der Waals surface area contributed by atoms with Crippen LogP contribution in [0.15, 0.2) is 16.7 Å². The molecule has 0 saturated carbocycles. The SMILES string of the molecule is Cc1cc(C)c(C)c(-c2cnc(N)o2)c1C. The molecule has 0 unspecified atom stereocenters. The van der Waals surface area contributed by atoms with Crippen LogP contribution in [0.2, 0.25) is 0 Å². The van der Waals surface area contributed by atoms with Crippen LogP contribution in [0.3, 0.4) is 0 Å². The van der Waals surface area contributed by atoms with Crippen molar-refractivity contribution >= 4 is 6.01 Å². The van der Waals surface area contributed by atoms with Gasteiger partial charge in [-0.15, -0.1) is 0 Å². The number of nitrogens with zero attached hydrogens (tertiary/aromatic N) is 1. The lowest BCUT2D eigenvalue weighted by Gasteiger charge is -2.12. The fourth-order valence-corrected chi connectivity index (χ4v) is 1.99. The van der Waals surface area contributed by atoms with E-state index in [-0.39, 0.29) is 6.01 Å². The predicted molar refractivity (Wildman–Crippen MR) is 65.3 cm³/mol. The third-order valence-electron chi connectivity index (χ3n) is 3.14. The van der Waals surface area contributed by atoms with Gasteiger partial charge >= 0.3 is 0 Å². The first-order chi connectivity index (χ1) is 7.50. The predicted octanol–water partition coefficient (Wildman–Crippen LogP) is 3.16. The van der Waals surface area contributed by atoms with E-state index in [1.165, 1.54) is 22.3 Å². The Balaban J connectivity index is 2.73. The Morgan fingerprint density at radius 1 is 1.06 bits per heavy atom. The number of aryl methyl sites for hydroxylation is 2. The molecule has 0 fully saturated rings. The van der Waals surface area contributed by atoms with E-state index in [1.807, 2.05) is 0 Å². The molecule has 1 heterocycles. The van der Waals surface area contributed by atoms with Gasteiger partial charge in [-0.1, -0.05) is 6.07 Å². The lowest BCUT2D eigenvalue weighted by molar-refractivity contribution is 0.594. The van der Waals surface area contributed by atoms with Crippen LogP contribution in [0.4, 0.5) is 6.01 Å². The summed E-state index contributed by atoms with van der Waals surface area (Å²) in [6.07, 6.45) is 1.68. The molecule has 0 atom stereocenters. The van der Waals surface area contributed by atoms with Crippen molar-refractivity contribution in [2.45, 2.75) is 27.7 Å². The van der Waals surface area contributed by atoms with Gasteiger partial charge in [0.1, 0.15) is 0 Å². The van der Waals surface area contributed by atoms with Crippen LogP contribution >= 0.6 is 0 Å². The summed E-state index contributed by atoms with van der Waals surface area (Å²) in [5.74, 6) is 0.749. The van der Waals surface area contributed by atoms with Crippen molar-refractivity contribution in [1.29, 1.82) is 0 Å². The Kier molecular flexibility index (Phi) is 2.46. The topological polar surface area (TPSA) is 52.0 Å². The maximum Gasteiger partial charge on any atom is 0.292 e. The Morgan fingerprint density at radius 3 is 2.06 bits per heavy atom. The second-order valence-electron chi connectivity index (χ2n) is 4.20. The van der Waals surface area contributed by atoms with Gasteiger partial charge in [0.05, 0.1) is 6.20 Å². The standard InChI is InChI=1S/C13H16N2O/c1-7-5-8(2)10(4)12(9(7)3)11-6-15-13(14)16-11/h5-6H,1-4H3,(H2,14,15). The van der Waals surface area contributed by atoms with Gasteiger partial charge in [-0.2, -0.15) is 0 Å². The monoisotopic (exact) mass is 216 g/mol. The zero-order valence-electron chi connectivity index (χ0n) is 10.1. The van der Waals surface area contributed by atoms with E-state index < -0.39 is 0 Å². The molecule has 84 valence electrons. The highest BCUT2D eigenvalue weighted by molar-refractivity contribution is 5.69. The van der Waals surface area contributed by atoms with Gasteiger partial charge in [0, 0.05) is 5.56 Å². The van der Waals surface area contributed by atoms with Crippen molar-refractivity contribution in [1.82, 2.24) is 4.98 Å². The summed E-state index contributed by atoms with van der Waals surface area (Å²) in [6, 6.07) is 2.40. The van der Waals surface area contributed by atoms with E-state index >= 15 is 0 Å². The van der Waals surface area contributed by atoms with Crippen LogP contribution in [0.1, 0.15) is 22.3 Å². The van der Waals surface area contributed by atoms with E-state index in [0.717, 1.165) is 11.3 Å². The molecule has 1 aromatic heterocycles. The summed E-state index contributed by atoms with van der Waals surface area (Å²) in [4.78, 5) is 3.95. The van der Waals surface area contributed by atoms with Crippen LogP contribution < -0.4 is 5.73 Å². The van der Waals surface area contributed by atoms with Gasteiger partial charge in [-0.3, -0.25) is 0 Å². The highest BCUT2D eigenvalue weighted by Gasteiger charge is 2.13. The molecule has 0 aliphatic heterocycles. The fraction of sp³-hybridized carbons (Fsp3) is 0.308. The Labute approximate surface area is 95.3 Å². The second-order valence-corrected chi connectivity index (χ2v) is 4.20. The Hall–Kier alpha value is -1.77. The van der Waals surface area contributed by atoms with E-state index in [4.69, 9.17) is 10.2 Å². The molecule has 0 amide bonds. The van der Waals surface area contributed by atoms with Crippen LogP contribution in [-0.4, -0.2) is 4.98 Å². The lowest BCUT2D eigenvalue weighted by atomic mass is 9.93. The number of oxazole rings is 1. The van der Waals surface area contributed by atoms with Crippen LogP contribution in [0.25, 0.3) is 11.3 Å². The third kappa shape index (κ3) is 1.58. The third-order valence-corrected chi connectivity index (χ3v) is 3.14. The van der Waals surface area contributed by atoms with E-state index in [2.05, 4.69) is 38.7 Å². The molecular formula is C13H16N2O. The lowest BCUT2D eigenvalue weighted by Crippen LogP contribution is -1.94. The zero-order valence-corrected chi connectivity index (χ0v) is 10.1. The second kappa shape index (κ2) is 3.67. The quantitative estimate of drug-likeness (QED) is 0.796. The zero-order chi connectivity index (χ0) is 11.9. The van der Waals surface area contributed by atoms with Crippen molar-refractivity contribution in [3.8, 4) is 11.3 Å². The molecule has 0 bridgehead atoms. The largest absolute Gasteiger partial charge is 0.424 e. The summed E-state index contributed by atoms with van der Waals surface area (Å²) in [6.45, 7) is 8.39. The van der Waals surface area contributed by atoms with E-state index in [9.17, 15) is 0 Å². The minimum atomic E-state index is 0.216. The van der Waals surface area contributed by atoms with Gasteiger partial charge in [0.2, 0.25) is 0 Å². The van der Waals surface area contributed by atoms with Crippen LogP contribution in [0, 0.1) is 27.7 Å². The number of anilines is 1. The molecule has 0 aliphatic rings. The number of aromatic nitrogens is 1. The highest BCUT2D eigenvalue weighted by atomic mass is 16.4. The molecular weight excluding hydrogens is 200 g/mol. The van der Waals surface area contributed by atoms with E-state index in [1.54, 1.807) is 6.20 Å². The van der Waals surface area contributed by atoms with Crippen molar-refractivity contribution < 1.29 is 4.42 Å². The Morgan fingerprint density at radius 2 is 1.62 bits per heavy atom. The molecule has 2 aromatic rings. The molecule has 2 N–H and O–H groups in total. The maximum atomic E-state index is 5.51. The summed E-state index contributed by atoms with van der Waals surface area (Å²) in [5.41, 5.74) is 11.6. The average Bonchev–Trinajstić information content (AvgIpc) is 2.62. The first-order valence-electron chi connectivity index (χ1n) is 5.29. The average molecular weight is 216 g/mol. The van der Waals surface area contributed by atoms with Crippen LogP contribution in [-0.2, 0) is 0 Å². The van der Waals surface area contributed by atoms with Gasteiger partial charge in [0.25, 0.3) is 6.01 Å². The highest BCUT2D eigenvalue weighted by Crippen LogP contribution is 2.32. The van der Waals surface area contributed by atoms with Gasteiger partial charge in [-0.25, -0.2) is 4.98 Å². The van der Waals surface area contributed by atoms with Crippen molar-refractivity contribution in [3.63, 3.8) is 0 Å². The number of nitrogen functional groups attached to an aromatic ring is 1. The maximum absolute atomic E-state index is 5.51. The smallest absolute Gasteiger partial charge is 0.292 e. The van der Waals surface area contributed by atoms with Crippen molar-refractivity contribution in [3.05, 3.63) is 34.5 Å². The number of benzene rings is 1. The van der Waals surface area contributed by atoms with E-state index in [0.29, 0.717) is 0 Å². The number of hydrogen-bond acceptors (Lipinski definition) is 3. The molecule has 3 heteroatoms. The molecule has 1 aromatic carbocycles. The summed E-state index contributed by atoms with van der Waals surface area (Å²) in [5, 5.41) is 0. The summed E-state index contributed by atoms with van der Waals surface area (Å²) >= 11 is 0. The number of hydrogen-bond donors (Lipinski definition) is 1. The summed E-state index contributed by atoms with van der Waals surface area (Å²) < 4.78 is 5.41. The van der Waals surface area contributed by atoms with Gasteiger partial charge < -0.3 is 10.2 Å². The Bertz CT molecular complexity index is 515. The molecule has 0 saturated heterocycles. The van der Waals surface area contributed by atoms with Gasteiger partial charge in [0.15, 0.2) is 5.76 Å². The normalized spacial score (nSPS) is 10.8. The molecule has 2 rings (SSSR count). The molecule has 3 nitrogen and oxygen atoms in total. The molecule has 0 aliphatic carbocycles. The first-order valence-corrected chi connectivity index (χ1v) is 5.29. The first kappa shape index (κ1) is 10.7. The summed E-state index contributed by atoms with van der Waals surface area (Å²) in [7, 11) is 0. The fourth-order valence-electron chi connectivity index (χ4n) is 1.99. The minimum Gasteiger partial charge on any atom is -0.424 e. The number of nitrogens with two attached hydrogens (primary N) is 1. The van der Waals surface area contributed by atoms with Gasteiger partial charge in [-0.05, 0) is 49.9 Å². The molecule has 0 radical (unpaired) electrons. The number of rotatable bonds is 1. The minimum absolute atomic E-state index is 0.216. The molecule has 16 heavy (non-hydrogen) atoms. The van der Waals surface area contributed by atoms with Crippen molar-refractivity contribution in [2.24, 2.45) is 0 Å². The van der Waals surface area contributed by atoms with Crippen molar-refractivity contribution in [2.75, 3.05) is 5.73 Å².